The van der Waals surface area contributed by atoms with Gasteiger partial charge in [-0.25, -0.2) is 0 Å². The second-order valence-electron chi connectivity index (χ2n) is 5.93. The van der Waals surface area contributed by atoms with Gasteiger partial charge in [-0.05, 0) is 30.7 Å². The molecule has 1 aliphatic rings. The van der Waals surface area contributed by atoms with Crippen LogP contribution in [0.15, 0.2) is 28.9 Å². The van der Waals surface area contributed by atoms with Crippen LogP contribution < -0.4 is 5.32 Å². The zero-order valence-corrected chi connectivity index (χ0v) is 13.6. The molecule has 5 heteroatoms. The van der Waals surface area contributed by atoms with E-state index in [1.165, 1.54) is 6.08 Å². The molecule has 1 amide bonds. The first kappa shape index (κ1) is 16.8. The van der Waals surface area contributed by atoms with Crippen LogP contribution in [0.3, 0.4) is 0 Å². The number of furan rings is 1. The molecule has 1 aromatic rings. The Hall–Kier alpha value is -1.59. The molecule has 1 N–H and O–H groups in total. The van der Waals surface area contributed by atoms with Crippen molar-refractivity contribution >= 4 is 12.0 Å². The number of carbonyl (C=O) groups excluding carboxylic acids is 1. The molecule has 0 saturated carbocycles. The summed E-state index contributed by atoms with van der Waals surface area (Å²) in [6, 6.07) is 3.63. The molecule has 1 aromatic heterocycles. The molecule has 1 saturated heterocycles. The summed E-state index contributed by atoms with van der Waals surface area (Å²) in [5.74, 6) is 1.07. The van der Waals surface area contributed by atoms with Crippen LogP contribution in [0.4, 0.5) is 0 Å². The second kappa shape index (κ2) is 8.76. The van der Waals surface area contributed by atoms with E-state index in [9.17, 15) is 4.79 Å². The summed E-state index contributed by atoms with van der Waals surface area (Å²) in [4.78, 5) is 16.7. The highest BCUT2D eigenvalue weighted by molar-refractivity contribution is 5.91. The molecule has 0 radical (unpaired) electrons. The van der Waals surface area contributed by atoms with Gasteiger partial charge in [-0.2, -0.15) is 0 Å². The third kappa shape index (κ3) is 5.66. The summed E-state index contributed by atoms with van der Waals surface area (Å²) in [5.41, 5.74) is 0. The van der Waals surface area contributed by atoms with Crippen molar-refractivity contribution in [3.8, 4) is 0 Å². The van der Waals surface area contributed by atoms with E-state index >= 15 is 0 Å². The van der Waals surface area contributed by atoms with Gasteiger partial charge in [0.05, 0.1) is 6.26 Å². The maximum atomic E-state index is 11.8. The van der Waals surface area contributed by atoms with Crippen LogP contribution in [0, 0.1) is 5.92 Å². The zero-order valence-electron chi connectivity index (χ0n) is 13.6. The molecule has 0 aliphatic carbocycles. The van der Waals surface area contributed by atoms with Gasteiger partial charge in [-0.15, -0.1) is 0 Å². The summed E-state index contributed by atoms with van der Waals surface area (Å²) in [7, 11) is 0. The van der Waals surface area contributed by atoms with Crippen LogP contribution in [0.2, 0.25) is 0 Å². The first-order valence-corrected chi connectivity index (χ1v) is 8.11. The normalized spacial score (nSPS) is 18.6. The molecule has 122 valence electrons. The minimum Gasteiger partial charge on any atom is -0.465 e. The van der Waals surface area contributed by atoms with Gasteiger partial charge in [0.15, 0.2) is 0 Å². The van der Waals surface area contributed by atoms with Gasteiger partial charge in [-0.3, -0.25) is 4.79 Å². The summed E-state index contributed by atoms with van der Waals surface area (Å²) in [6.07, 6.45) is 4.80. The molecule has 2 heterocycles. The van der Waals surface area contributed by atoms with Crippen LogP contribution in [0.25, 0.3) is 6.08 Å². The quantitative estimate of drug-likeness (QED) is 0.779. The van der Waals surface area contributed by atoms with Crippen molar-refractivity contribution in [2.24, 2.45) is 5.92 Å². The van der Waals surface area contributed by atoms with Gasteiger partial charge < -0.3 is 19.5 Å². The number of nitrogens with zero attached hydrogens (tertiary/aromatic N) is 2. The SMILES string of the molecule is CCN1CCN(CC(C)CNC(=O)C=Cc2ccco2)CC1. The van der Waals surface area contributed by atoms with E-state index < -0.39 is 0 Å². The van der Waals surface area contributed by atoms with Gasteiger partial charge in [0.25, 0.3) is 0 Å². The summed E-state index contributed by atoms with van der Waals surface area (Å²) >= 11 is 0. The van der Waals surface area contributed by atoms with Gasteiger partial charge in [-0.1, -0.05) is 13.8 Å². The number of likely N-dealkylation sites (N-methyl/N-ethyl adjacent to an activating group) is 1. The number of carbonyl (C=O) groups is 1. The second-order valence-corrected chi connectivity index (χ2v) is 5.93. The highest BCUT2D eigenvalue weighted by atomic mass is 16.3. The molecule has 2 rings (SSSR count). The van der Waals surface area contributed by atoms with Crippen LogP contribution in [-0.2, 0) is 4.79 Å². The molecule has 1 unspecified atom stereocenters. The van der Waals surface area contributed by atoms with Crippen molar-refractivity contribution in [3.05, 3.63) is 30.2 Å². The molecule has 5 nitrogen and oxygen atoms in total. The van der Waals surface area contributed by atoms with Crippen molar-refractivity contribution in [1.82, 2.24) is 15.1 Å². The Morgan fingerprint density at radius 3 is 2.73 bits per heavy atom. The molecular formula is C17H27N3O2. The van der Waals surface area contributed by atoms with Crippen molar-refractivity contribution in [2.75, 3.05) is 45.8 Å². The van der Waals surface area contributed by atoms with Gasteiger partial charge in [0.1, 0.15) is 5.76 Å². The van der Waals surface area contributed by atoms with Crippen molar-refractivity contribution in [1.29, 1.82) is 0 Å². The fourth-order valence-corrected chi connectivity index (χ4v) is 2.67. The van der Waals surface area contributed by atoms with Crippen molar-refractivity contribution in [3.63, 3.8) is 0 Å². The van der Waals surface area contributed by atoms with Crippen LogP contribution >= 0.6 is 0 Å². The molecule has 1 atom stereocenters. The van der Waals surface area contributed by atoms with E-state index in [0.29, 0.717) is 18.2 Å². The van der Waals surface area contributed by atoms with Gasteiger partial charge in [0.2, 0.25) is 5.91 Å². The number of hydrogen-bond acceptors (Lipinski definition) is 4. The Kier molecular flexibility index (Phi) is 6.68. The summed E-state index contributed by atoms with van der Waals surface area (Å²) in [6.45, 7) is 11.8. The third-order valence-electron chi connectivity index (χ3n) is 4.05. The number of amides is 1. The lowest BCUT2D eigenvalue weighted by Gasteiger charge is -2.35. The number of nitrogens with one attached hydrogen (secondary N) is 1. The van der Waals surface area contributed by atoms with Crippen LogP contribution in [0.5, 0.6) is 0 Å². The largest absolute Gasteiger partial charge is 0.465 e. The van der Waals surface area contributed by atoms with E-state index in [-0.39, 0.29) is 5.91 Å². The molecule has 0 spiro atoms. The fourth-order valence-electron chi connectivity index (χ4n) is 2.67. The van der Waals surface area contributed by atoms with Gasteiger partial charge >= 0.3 is 0 Å². The molecule has 0 aromatic carbocycles. The predicted molar refractivity (Wildman–Crippen MR) is 88.5 cm³/mol. The molecule has 0 bridgehead atoms. The first-order valence-electron chi connectivity index (χ1n) is 8.11. The highest BCUT2D eigenvalue weighted by Crippen LogP contribution is 2.05. The van der Waals surface area contributed by atoms with E-state index in [2.05, 4.69) is 29.0 Å². The minimum atomic E-state index is -0.0703. The number of piperazine rings is 1. The van der Waals surface area contributed by atoms with Crippen molar-refractivity contribution < 1.29 is 9.21 Å². The molecule has 22 heavy (non-hydrogen) atoms. The average molecular weight is 305 g/mol. The van der Waals surface area contributed by atoms with E-state index in [0.717, 1.165) is 39.3 Å². The molecule has 1 aliphatic heterocycles. The maximum absolute atomic E-state index is 11.8. The summed E-state index contributed by atoms with van der Waals surface area (Å²) in [5, 5.41) is 2.95. The lowest BCUT2D eigenvalue weighted by Crippen LogP contribution is -2.48. The van der Waals surface area contributed by atoms with Crippen molar-refractivity contribution in [2.45, 2.75) is 13.8 Å². The number of rotatable bonds is 7. The first-order chi connectivity index (χ1) is 10.7. The minimum absolute atomic E-state index is 0.0703. The zero-order chi connectivity index (χ0) is 15.8. The lowest BCUT2D eigenvalue weighted by molar-refractivity contribution is -0.116. The average Bonchev–Trinajstić information content (AvgIpc) is 3.05. The topological polar surface area (TPSA) is 48.7 Å². The maximum Gasteiger partial charge on any atom is 0.244 e. The Bertz CT molecular complexity index is 462. The lowest BCUT2D eigenvalue weighted by atomic mass is 10.1. The Labute approximate surface area is 133 Å². The monoisotopic (exact) mass is 305 g/mol. The fraction of sp³-hybridized carbons (Fsp3) is 0.588. The van der Waals surface area contributed by atoms with E-state index in [1.54, 1.807) is 18.4 Å². The smallest absolute Gasteiger partial charge is 0.244 e. The Morgan fingerprint density at radius 2 is 2.09 bits per heavy atom. The van der Waals surface area contributed by atoms with Gasteiger partial charge in [0, 0.05) is 45.3 Å². The standard InChI is InChI=1S/C17H27N3O2/c1-3-19-8-10-20(11-9-19)14-15(2)13-18-17(21)7-6-16-5-4-12-22-16/h4-7,12,15H,3,8-11,13-14H2,1-2H3,(H,18,21). The Balaban J connectivity index is 1.63. The van der Waals surface area contributed by atoms with E-state index in [4.69, 9.17) is 4.42 Å². The van der Waals surface area contributed by atoms with Crippen LogP contribution in [0.1, 0.15) is 19.6 Å². The predicted octanol–water partition coefficient (Wildman–Crippen LogP) is 1.68. The summed E-state index contributed by atoms with van der Waals surface area (Å²) < 4.78 is 5.15. The molecular weight excluding hydrogens is 278 g/mol. The van der Waals surface area contributed by atoms with Crippen LogP contribution in [-0.4, -0.2) is 61.5 Å². The number of hydrogen-bond donors (Lipinski definition) is 1. The van der Waals surface area contributed by atoms with E-state index in [1.807, 2.05) is 6.07 Å². The highest BCUT2D eigenvalue weighted by Gasteiger charge is 2.17. The molecule has 1 fully saturated rings. The Morgan fingerprint density at radius 1 is 1.36 bits per heavy atom. The third-order valence-corrected chi connectivity index (χ3v) is 4.05.